The average Bonchev–Trinajstić information content (AvgIpc) is 3.57. The van der Waals surface area contributed by atoms with Gasteiger partial charge in [-0.15, -0.1) is 0 Å². The van der Waals surface area contributed by atoms with Gasteiger partial charge in [0, 0.05) is 0 Å². The molecule has 36 heavy (non-hydrogen) atoms. The van der Waals surface area contributed by atoms with E-state index in [1.807, 2.05) is 19.9 Å². The first-order valence-corrected chi connectivity index (χ1v) is 14.4. The number of amides is 2. The number of hydrogen-bond donors (Lipinski definition) is 0. The Morgan fingerprint density at radius 3 is 2.28 bits per heavy atom. The monoisotopic (exact) mass is 539 g/mol. The molecule has 0 spiro atoms. The quantitative estimate of drug-likeness (QED) is 0.150. The van der Waals surface area contributed by atoms with E-state index < -0.39 is 0 Å². The van der Waals surface area contributed by atoms with Crippen LogP contribution in [0.2, 0.25) is 0 Å². The zero-order chi connectivity index (χ0) is 24.6. The summed E-state index contributed by atoms with van der Waals surface area (Å²) in [5.74, 6) is -0.295. The van der Waals surface area contributed by atoms with E-state index in [9.17, 15) is 9.59 Å². The Morgan fingerprint density at radius 2 is 1.50 bits per heavy atom. The Morgan fingerprint density at radius 1 is 0.778 bits per heavy atom. The Bertz CT molecular complexity index is 1850. The van der Waals surface area contributed by atoms with E-state index in [4.69, 9.17) is 0 Å². The molecule has 0 N–H and O–H groups in total. The molecular formula is C30H25N3O2Se. The van der Waals surface area contributed by atoms with Crippen molar-refractivity contribution in [1.29, 1.82) is 0 Å². The Balaban J connectivity index is 0.00000108. The molecule has 3 aromatic carbocycles. The summed E-state index contributed by atoms with van der Waals surface area (Å²) in [6, 6.07) is 21.8. The van der Waals surface area contributed by atoms with Crippen LogP contribution in [0.3, 0.4) is 0 Å². The number of carbonyl (C=O) groups is 2. The molecule has 8 rings (SSSR count). The van der Waals surface area contributed by atoms with Crippen LogP contribution in [0.5, 0.6) is 0 Å². The van der Waals surface area contributed by atoms with Gasteiger partial charge in [-0.1, -0.05) is 13.8 Å². The summed E-state index contributed by atoms with van der Waals surface area (Å²) in [5, 5.41) is 10.8. The van der Waals surface area contributed by atoms with Gasteiger partial charge in [0.15, 0.2) is 0 Å². The van der Waals surface area contributed by atoms with Crippen molar-refractivity contribution < 1.29 is 9.59 Å². The van der Waals surface area contributed by atoms with Gasteiger partial charge < -0.3 is 0 Å². The number of hydrazine groups is 1. The van der Waals surface area contributed by atoms with Crippen LogP contribution in [0, 0.1) is 0 Å². The van der Waals surface area contributed by atoms with Crippen LogP contribution in [-0.2, 0) is 9.59 Å². The summed E-state index contributed by atoms with van der Waals surface area (Å²) in [6.07, 6.45) is 3.77. The van der Waals surface area contributed by atoms with Crippen LogP contribution in [0.15, 0.2) is 66.2 Å². The summed E-state index contributed by atoms with van der Waals surface area (Å²) >= 11 is -0.0221. The summed E-state index contributed by atoms with van der Waals surface area (Å²) in [6.45, 7) is 5.26. The molecule has 0 radical (unpaired) electrons. The first kappa shape index (κ1) is 21.7. The fourth-order valence-corrected chi connectivity index (χ4v) is 8.30. The third-order valence-electron chi connectivity index (χ3n) is 7.40. The summed E-state index contributed by atoms with van der Waals surface area (Å²) in [4.78, 5) is 26.1. The van der Waals surface area contributed by atoms with Crippen molar-refractivity contribution in [1.82, 2.24) is 14.4 Å². The molecule has 0 atom stereocenters. The van der Waals surface area contributed by atoms with Gasteiger partial charge in [-0.05, 0) is 0 Å². The van der Waals surface area contributed by atoms with Gasteiger partial charge in [0.2, 0.25) is 0 Å². The van der Waals surface area contributed by atoms with Crippen molar-refractivity contribution in [3.8, 4) is 0 Å². The molecule has 6 heteroatoms. The van der Waals surface area contributed by atoms with E-state index in [2.05, 4.69) is 65.1 Å². The molecule has 178 valence electrons. The van der Waals surface area contributed by atoms with Crippen LogP contribution < -0.4 is 0 Å². The molecule has 2 amide bonds. The first-order chi connectivity index (χ1) is 17.7. The molecule has 2 aliphatic rings. The number of aromatic nitrogens is 1. The SMILES string of the molecule is CC.O=C1C(=Cc2cc3c4cccc5ccc6c7ccccc7n(c3[se]2)c6c54)C(=O)N2CCCCN12. The molecule has 5 nitrogen and oxygen atoms in total. The van der Waals surface area contributed by atoms with Gasteiger partial charge in [0.1, 0.15) is 0 Å². The summed E-state index contributed by atoms with van der Waals surface area (Å²) in [5.41, 5.74) is 2.80. The van der Waals surface area contributed by atoms with Crippen LogP contribution >= 0.6 is 0 Å². The average molecular weight is 539 g/mol. The summed E-state index contributed by atoms with van der Waals surface area (Å²) < 4.78 is 4.79. The predicted molar refractivity (Wildman–Crippen MR) is 148 cm³/mol. The van der Waals surface area contributed by atoms with E-state index in [1.54, 1.807) is 10.0 Å². The molecule has 0 unspecified atom stereocenters. The van der Waals surface area contributed by atoms with Crippen molar-refractivity contribution in [2.24, 2.45) is 0 Å². The van der Waals surface area contributed by atoms with E-state index in [0.29, 0.717) is 18.7 Å². The fraction of sp³-hybridized carbons (Fsp3) is 0.200. The van der Waals surface area contributed by atoms with Gasteiger partial charge in [-0.25, -0.2) is 0 Å². The molecule has 0 bridgehead atoms. The van der Waals surface area contributed by atoms with Crippen molar-refractivity contribution in [3.05, 3.63) is 70.7 Å². The number of fused-ring (bicyclic) bond motifs is 7. The molecular weight excluding hydrogens is 513 g/mol. The number of para-hydroxylation sites is 1. The first-order valence-electron chi connectivity index (χ1n) is 12.7. The van der Waals surface area contributed by atoms with Gasteiger partial charge >= 0.3 is 201 Å². The molecule has 2 fully saturated rings. The van der Waals surface area contributed by atoms with Crippen molar-refractivity contribution in [2.75, 3.05) is 13.1 Å². The Kier molecular flexibility index (Phi) is 4.79. The van der Waals surface area contributed by atoms with Crippen LogP contribution in [0.25, 0.3) is 53.8 Å². The topological polar surface area (TPSA) is 45.0 Å². The van der Waals surface area contributed by atoms with Crippen LogP contribution in [0.4, 0.5) is 0 Å². The molecule has 3 aromatic heterocycles. The molecule has 2 saturated heterocycles. The van der Waals surface area contributed by atoms with Gasteiger partial charge in [0.25, 0.3) is 0 Å². The normalized spacial score (nSPS) is 16.1. The molecule has 6 aromatic rings. The van der Waals surface area contributed by atoms with E-state index in [0.717, 1.165) is 17.3 Å². The molecule has 5 heterocycles. The third-order valence-corrected chi connectivity index (χ3v) is 9.64. The second-order valence-electron chi connectivity index (χ2n) is 9.21. The molecule has 2 aliphatic heterocycles. The van der Waals surface area contributed by atoms with Gasteiger partial charge in [0.05, 0.1) is 0 Å². The summed E-state index contributed by atoms with van der Waals surface area (Å²) in [7, 11) is 0. The molecule has 0 aliphatic carbocycles. The van der Waals surface area contributed by atoms with E-state index in [1.165, 1.54) is 47.7 Å². The van der Waals surface area contributed by atoms with Crippen molar-refractivity contribution in [2.45, 2.75) is 26.7 Å². The Labute approximate surface area is 214 Å². The van der Waals surface area contributed by atoms with Gasteiger partial charge in [-0.3, -0.25) is 0 Å². The minimum absolute atomic E-state index is 0.0221. The van der Waals surface area contributed by atoms with Crippen LogP contribution in [-0.4, -0.2) is 53.8 Å². The van der Waals surface area contributed by atoms with Crippen molar-refractivity contribution in [3.63, 3.8) is 0 Å². The minimum atomic E-state index is -0.148. The number of benzene rings is 3. The number of rotatable bonds is 1. The number of hydrogen-bond acceptors (Lipinski definition) is 2. The number of carbonyl (C=O) groups excluding carboxylic acids is 2. The standard InChI is InChI=1S/C28H19N3O2Se.C2H6/c32-26-22(27(33)30-13-4-3-12-29(26)30)15-17-14-21-19-8-5-6-16-10-11-20-18-7-1-2-9-23(18)31(28(21)34-17)25(20)24(16)19;1-2/h1-2,5-11,14-15H,3-4,12-13H2;1-2H3. The fourth-order valence-electron chi connectivity index (χ4n) is 5.91. The zero-order valence-electron chi connectivity index (χ0n) is 20.2. The number of pyridine rings is 1. The maximum atomic E-state index is 13.0. The second kappa shape index (κ2) is 7.95. The Hall–Kier alpha value is -3.60. The third kappa shape index (κ3) is 2.77. The maximum absolute atomic E-state index is 13.0. The van der Waals surface area contributed by atoms with Crippen LogP contribution in [0.1, 0.15) is 31.1 Å². The van der Waals surface area contributed by atoms with E-state index >= 15 is 0 Å². The zero-order valence-corrected chi connectivity index (χ0v) is 22.0. The van der Waals surface area contributed by atoms with E-state index in [-0.39, 0.29) is 26.3 Å². The number of nitrogens with zero attached hydrogens (tertiary/aromatic N) is 3. The van der Waals surface area contributed by atoms with Crippen molar-refractivity contribution >= 4 is 80.1 Å². The second-order valence-corrected chi connectivity index (χ2v) is 11.4. The van der Waals surface area contributed by atoms with Gasteiger partial charge in [-0.2, -0.15) is 0 Å². The predicted octanol–water partition coefficient (Wildman–Crippen LogP) is 5.84. The molecule has 0 saturated carbocycles.